The zero-order valence-corrected chi connectivity index (χ0v) is 8.64. The fraction of sp³-hybridized carbons (Fsp3) is 0.900. The fourth-order valence-electron chi connectivity index (χ4n) is 2.30. The first-order valence-electron chi connectivity index (χ1n) is 5.19. The standard InChI is InChI=1S/C10H12F3NO2/c11-10(12,13)8(7-14)1-3-9(4-2-8)15-5-6-16-9/h1-6H2. The molecule has 0 aromatic carbocycles. The van der Waals surface area contributed by atoms with Gasteiger partial charge in [-0.25, -0.2) is 0 Å². The maximum Gasteiger partial charge on any atom is 0.407 e. The maximum atomic E-state index is 12.8. The molecule has 0 radical (unpaired) electrons. The highest BCUT2D eigenvalue weighted by Gasteiger charge is 2.59. The van der Waals surface area contributed by atoms with Crippen molar-refractivity contribution in [2.75, 3.05) is 13.2 Å². The Labute approximate surface area is 91.1 Å². The van der Waals surface area contributed by atoms with Crippen molar-refractivity contribution in [2.24, 2.45) is 5.41 Å². The number of rotatable bonds is 0. The molecule has 3 nitrogen and oxygen atoms in total. The Hall–Kier alpha value is -0.800. The maximum absolute atomic E-state index is 12.8. The zero-order chi connectivity index (χ0) is 11.9. The van der Waals surface area contributed by atoms with E-state index in [4.69, 9.17) is 14.7 Å². The fourth-order valence-corrected chi connectivity index (χ4v) is 2.30. The summed E-state index contributed by atoms with van der Waals surface area (Å²) in [6.07, 6.45) is -4.68. The van der Waals surface area contributed by atoms with Crippen molar-refractivity contribution in [1.82, 2.24) is 0 Å². The molecule has 2 rings (SSSR count). The molecule has 90 valence electrons. The van der Waals surface area contributed by atoms with Gasteiger partial charge in [-0.05, 0) is 12.8 Å². The van der Waals surface area contributed by atoms with E-state index in [1.165, 1.54) is 6.07 Å². The van der Waals surface area contributed by atoms with Gasteiger partial charge in [0.15, 0.2) is 11.2 Å². The number of ether oxygens (including phenoxy) is 2. The molecule has 0 aromatic rings. The van der Waals surface area contributed by atoms with Gasteiger partial charge in [-0.15, -0.1) is 0 Å². The number of alkyl halides is 3. The second-order valence-corrected chi connectivity index (χ2v) is 4.30. The summed E-state index contributed by atoms with van der Waals surface area (Å²) in [5, 5.41) is 8.76. The van der Waals surface area contributed by atoms with E-state index in [9.17, 15) is 13.2 Å². The van der Waals surface area contributed by atoms with E-state index in [1.54, 1.807) is 0 Å². The van der Waals surface area contributed by atoms with Crippen LogP contribution in [0.3, 0.4) is 0 Å². The molecule has 16 heavy (non-hydrogen) atoms. The van der Waals surface area contributed by atoms with Crippen molar-refractivity contribution in [2.45, 2.75) is 37.6 Å². The summed E-state index contributed by atoms with van der Waals surface area (Å²) >= 11 is 0. The van der Waals surface area contributed by atoms with Gasteiger partial charge in [-0.2, -0.15) is 18.4 Å². The van der Waals surface area contributed by atoms with Crippen LogP contribution in [0.2, 0.25) is 0 Å². The minimum atomic E-state index is -4.47. The van der Waals surface area contributed by atoms with Crippen LogP contribution in [0.15, 0.2) is 0 Å². The molecule has 0 N–H and O–H groups in total. The van der Waals surface area contributed by atoms with E-state index in [2.05, 4.69) is 0 Å². The summed E-state index contributed by atoms with van der Waals surface area (Å²) in [4.78, 5) is 0. The van der Waals surface area contributed by atoms with Crippen molar-refractivity contribution in [1.29, 1.82) is 5.26 Å². The van der Waals surface area contributed by atoms with Crippen LogP contribution in [0.25, 0.3) is 0 Å². The first-order chi connectivity index (χ1) is 7.43. The minimum Gasteiger partial charge on any atom is -0.348 e. The second-order valence-electron chi connectivity index (χ2n) is 4.30. The average Bonchev–Trinajstić information content (AvgIpc) is 2.67. The molecular weight excluding hydrogens is 223 g/mol. The SMILES string of the molecule is N#CC1(C(F)(F)F)CCC2(CC1)OCCO2. The molecule has 0 unspecified atom stereocenters. The van der Waals surface area contributed by atoms with Crippen LogP contribution in [-0.4, -0.2) is 25.2 Å². The summed E-state index contributed by atoms with van der Waals surface area (Å²) in [6, 6.07) is 1.43. The molecular formula is C10H12F3NO2. The van der Waals surface area contributed by atoms with Crippen molar-refractivity contribution in [3.05, 3.63) is 0 Å². The van der Waals surface area contributed by atoms with Crippen LogP contribution in [-0.2, 0) is 9.47 Å². The smallest absolute Gasteiger partial charge is 0.348 e. The van der Waals surface area contributed by atoms with Gasteiger partial charge in [0.1, 0.15) is 0 Å². The first kappa shape index (κ1) is 11.7. The summed E-state index contributed by atoms with van der Waals surface area (Å²) in [5.41, 5.74) is -2.21. The van der Waals surface area contributed by atoms with E-state index < -0.39 is 17.4 Å². The third-order valence-corrected chi connectivity index (χ3v) is 3.44. The topological polar surface area (TPSA) is 42.2 Å². The highest BCUT2D eigenvalue weighted by molar-refractivity contribution is 5.08. The van der Waals surface area contributed by atoms with Gasteiger partial charge in [0.05, 0.1) is 19.3 Å². The van der Waals surface area contributed by atoms with Crippen LogP contribution in [0, 0.1) is 16.7 Å². The lowest BCUT2D eigenvalue weighted by Gasteiger charge is -2.40. The van der Waals surface area contributed by atoms with Gasteiger partial charge in [0, 0.05) is 12.8 Å². The first-order valence-corrected chi connectivity index (χ1v) is 5.19. The summed E-state index contributed by atoms with van der Waals surface area (Å²) in [7, 11) is 0. The third kappa shape index (κ3) is 1.68. The molecule has 2 aliphatic rings. The van der Waals surface area contributed by atoms with E-state index in [-0.39, 0.29) is 25.7 Å². The van der Waals surface area contributed by atoms with Gasteiger partial charge in [0.2, 0.25) is 0 Å². The molecule has 1 spiro atoms. The summed E-state index contributed by atoms with van der Waals surface area (Å²) in [5.74, 6) is -0.856. The number of hydrogen-bond donors (Lipinski definition) is 0. The van der Waals surface area contributed by atoms with Crippen molar-refractivity contribution >= 4 is 0 Å². The number of nitrogens with zero attached hydrogens (tertiary/aromatic N) is 1. The average molecular weight is 235 g/mol. The Bertz CT molecular complexity index is 305. The van der Waals surface area contributed by atoms with E-state index >= 15 is 0 Å². The van der Waals surface area contributed by atoms with Crippen molar-refractivity contribution in [3.63, 3.8) is 0 Å². The molecule has 0 amide bonds. The van der Waals surface area contributed by atoms with Gasteiger partial charge >= 0.3 is 6.18 Å². The monoisotopic (exact) mass is 235 g/mol. The predicted octanol–water partition coefficient (Wildman–Crippen LogP) is 2.38. The summed E-state index contributed by atoms with van der Waals surface area (Å²) in [6.45, 7) is 0.844. The van der Waals surface area contributed by atoms with E-state index in [0.717, 1.165) is 0 Å². The third-order valence-electron chi connectivity index (χ3n) is 3.44. The molecule has 1 heterocycles. The van der Waals surface area contributed by atoms with Crippen molar-refractivity contribution < 1.29 is 22.6 Å². The van der Waals surface area contributed by atoms with E-state index in [1.807, 2.05) is 0 Å². The van der Waals surface area contributed by atoms with E-state index in [0.29, 0.717) is 13.2 Å². The highest BCUT2D eigenvalue weighted by atomic mass is 19.4. The Morgan fingerprint density at radius 2 is 1.50 bits per heavy atom. The molecule has 1 saturated carbocycles. The summed E-state index contributed by atoms with van der Waals surface area (Å²) < 4.78 is 49.0. The van der Waals surface area contributed by atoms with Crippen LogP contribution in [0.5, 0.6) is 0 Å². The lowest BCUT2D eigenvalue weighted by Crippen LogP contribution is -2.46. The molecule has 1 aliphatic carbocycles. The molecule has 0 bridgehead atoms. The zero-order valence-electron chi connectivity index (χ0n) is 8.64. The molecule has 2 fully saturated rings. The molecule has 0 atom stereocenters. The number of halogens is 3. The van der Waals surface area contributed by atoms with Crippen molar-refractivity contribution in [3.8, 4) is 6.07 Å². The Balaban J connectivity index is 2.11. The number of nitriles is 1. The molecule has 6 heteroatoms. The Morgan fingerprint density at radius 1 is 1.00 bits per heavy atom. The number of hydrogen-bond acceptors (Lipinski definition) is 3. The van der Waals surface area contributed by atoms with Crippen LogP contribution >= 0.6 is 0 Å². The highest BCUT2D eigenvalue weighted by Crippen LogP contribution is 2.52. The lowest BCUT2D eigenvalue weighted by molar-refractivity contribution is -0.249. The molecule has 0 aromatic heterocycles. The van der Waals surface area contributed by atoms with Gasteiger partial charge in [-0.1, -0.05) is 0 Å². The second kappa shape index (κ2) is 3.60. The van der Waals surface area contributed by atoms with Gasteiger partial charge in [-0.3, -0.25) is 0 Å². The predicted molar refractivity (Wildman–Crippen MR) is 47.2 cm³/mol. The van der Waals surface area contributed by atoms with Gasteiger partial charge < -0.3 is 9.47 Å². The molecule has 1 aliphatic heterocycles. The largest absolute Gasteiger partial charge is 0.407 e. The quantitative estimate of drug-likeness (QED) is 0.647. The van der Waals surface area contributed by atoms with Gasteiger partial charge in [0.25, 0.3) is 0 Å². The Morgan fingerprint density at radius 3 is 1.88 bits per heavy atom. The minimum absolute atomic E-state index is 0.139. The Kier molecular flexibility index (Phi) is 2.63. The van der Waals surface area contributed by atoms with Crippen LogP contribution in [0.1, 0.15) is 25.7 Å². The van der Waals surface area contributed by atoms with Crippen LogP contribution in [0.4, 0.5) is 13.2 Å². The lowest BCUT2D eigenvalue weighted by atomic mass is 9.72. The molecule has 1 saturated heterocycles. The van der Waals surface area contributed by atoms with Crippen LogP contribution < -0.4 is 0 Å². The normalized spacial score (nSPS) is 27.9.